The number of nitrogens with one attached hydrogen (secondary N) is 1. The molecule has 0 unspecified atom stereocenters. The molecule has 1 saturated heterocycles. The highest BCUT2D eigenvalue weighted by molar-refractivity contribution is 5.92. The first-order valence-electron chi connectivity index (χ1n) is 14.5. The molecule has 1 aliphatic heterocycles. The maximum atomic E-state index is 14.1. The van der Waals surface area contributed by atoms with Gasteiger partial charge in [0.15, 0.2) is 0 Å². The maximum absolute atomic E-state index is 14.1. The third kappa shape index (κ3) is 6.03. The molecular formula is C34H41N3O2. The van der Waals surface area contributed by atoms with Gasteiger partial charge in [0.05, 0.1) is 0 Å². The van der Waals surface area contributed by atoms with Crippen LogP contribution in [0.1, 0.15) is 66.7 Å². The first-order valence-corrected chi connectivity index (χ1v) is 14.5. The standard InChI is InChI=1S/C34H41N3O2/c1-26-13-7-9-17-29(26)31(30-18-10-8-14-27(30)2)25-32(38)35-34(19-11-4-12-20-34)33(39)37-23-21-36(22-24-37)28-15-5-3-6-16-28/h3,5-10,13-18,31H,4,11-12,19-25H2,1-2H3,(H,35,38). The summed E-state index contributed by atoms with van der Waals surface area (Å²) >= 11 is 0. The van der Waals surface area contributed by atoms with Crippen LogP contribution in [0.4, 0.5) is 5.69 Å². The predicted octanol–water partition coefficient (Wildman–Crippen LogP) is 5.99. The first kappa shape index (κ1) is 27.0. The second-order valence-corrected chi connectivity index (χ2v) is 11.3. The molecule has 1 saturated carbocycles. The number of hydrogen-bond acceptors (Lipinski definition) is 3. The topological polar surface area (TPSA) is 52.7 Å². The lowest BCUT2D eigenvalue weighted by molar-refractivity contribution is -0.143. The minimum atomic E-state index is -0.799. The third-order valence-corrected chi connectivity index (χ3v) is 8.70. The van der Waals surface area contributed by atoms with Gasteiger partial charge < -0.3 is 15.1 Å². The fourth-order valence-corrected chi connectivity index (χ4v) is 6.50. The quantitative estimate of drug-likeness (QED) is 0.414. The van der Waals surface area contributed by atoms with Crippen molar-refractivity contribution in [1.82, 2.24) is 10.2 Å². The van der Waals surface area contributed by atoms with E-state index in [2.05, 4.69) is 72.6 Å². The highest BCUT2D eigenvalue weighted by Gasteiger charge is 2.44. The van der Waals surface area contributed by atoms with Crippen LogP contribution < -0.4 is 10.2 Å². The Morgan fingerprint density at radius 1 is 0.744 bits per heavy atom. The number of carbonyl (C=O) groups excluding carboxylic acids is 2. The van der Waals surface area contributed by atoms with E-state index in [0.717, 1.165) is 45.2 Å². The Hall–Kier alpha value is -3.60. The molecule has 1 heterocycles. The number of hydrogen-bond donors (Lipinski definition) is 1. The Kier molecular flexibility index (Phi) is 8.35. The van der Waals surface area contributed by atoms with Gasteiger partial charge >= 0.3 is 0 Å². The number of nitrogens with zero attached hydrogens (tertiary/aromatic N) is 2. The van der Waals surface area contributed by atoms with E-state index in [1.54, 1.807) is 0 Å². The van der Waals surface area contributed by atoms with Crippen molar-refractivity contribution in [3.8, 4) is 0 Å². The van der Waals surface area contributed by atoms with E-state index in [1.807, 2.05) is 35.2 Å². The van der Waals surface area contributed by atoms with Crippen molar-refractivity contribution in [2.45, 2.75) is 63.8 Å². The number of benzene rings is 3. The smallest absolute Gasteiger partial charge is 0.248 e. The van der Waals surface area contributed by atoms with Gasteiger partial charge in [-0.15, -0.1) is 0 Å². The SMILES string of the molecule is Cc1ccccc1C(CC(=O)NC1(C(=O)N2CCN(c3ccccc3)CC2)CCCCC1)c1ccccc1C. The van der Waals surface area contributed by atoms with Crippen LogP contribution in [0, 0.1) is 13.8 Å². The van der Waals surface area contributed by atoms with Crippen LogP contribution in [0.5, 0.6) is 0 Å². The lowest BCUT2D eigenvalue weighted by atomic mass is 9.79. The van der Waals surface area contributed by atoms with Crippen molar-refractivity contribution >= 4 is 17.5 Å². The molecule has 0 aromatic heterocycles. The van der Waals surface area contributed by atoms with Crippen LogP contribution in [-0.2, 0) is 9.59 Å². The number of piperazine rings is 1. The fourth-order valence-electron chi connectivity index (χ4n) is 6.50. The summed E-state index contributed by atoms with van der Waals surface area (Å²) in [5, 5.41) is 3.34. The van der Waals surface area contributed by atoms with Crippen molar-refractivity contribution in [1.29, 1.82) is 0 Å². The van der Waals surface area contributed by atoms with Crippen molar-refractivity contribution in [3.05, 3.63) is 101 Å². The van der Waals surface area contributed by atoms with Gasteiger partial charge in [-0.25, -0.2) is 0 Å². The fraction of sp³-hybridized carbons (Fsp3) is 0.412. The van der Waals surface area contributed by atoms with E-state index >= 15 is 0 Å². The molecule has 0 atom stereocenters. The minimum Gasteiger partial charge on any atom is -0.368 e. The van der Waals surface area contributed by atoms with E-state index in [1.165, 1.54) is 27.9 Å². The number of amides is 2. The second kappa shape index (κ2) is 12.1. The molecule has 5 nitrogen and oxygen atoms in total. The van der Waals surface area contributed by atoms with E-state index in [-0.39, 0.29) is 17.7 Å². The van der Waals surface area contributed by atoms with Crippen molar-refractivity contribution in [3.63, 3.8) is 0 Å². The summed E-state index contributed by atoms with van der Waals surface area (Å²) in [6.45, 7) is 7.20. The maximum Gasteiger partial charge on any atom is 0.248 e. The highest BCUT2D eigenvalue weighted by Crippen LogP contribution is 2.35. The molecule has 1 N–H and O–H groups in total. The molecule has 3 aromatic rings. The van der Waals surface area contributed by atoms with Gasteiger partial charge in [-0.2, -0.15) is 0 Å². The van der Waals surface area contributed by atoms with Gasteiger partial charge in [0.2, 0.25) is 11.8 Å². The molecule has 5 rings (SSSR count). The molecule has 0 radical (unpaired) electrons. The highest BCUT2D eigenvalue weighted by atomic mass is 16.2. The largest absolute Gasteiger partial charge is 0.368 e. The monoisotopic (exact) mass is 523 g/mol. The van der Waals surface area contributed by atoms with Crippen LogP contribution in [0.3, 0.4) is 0 Å². The zero-order valence-corrected chi connectivity index (χ0v) is 23.4. The Labute approximate surface area is 233 Å². The number of para-hydroxylation sites is 1. The van der Waals surface area contributed by atoms with Crippen LogP contribution in [0.15, 0.2) is 78.9 Å². The van der Waals surface area contributed by atoms with Crippen LogP contribution in [0.25, 0.3) is 0 Å². The molecule has 3 aromatic carbocycles. The predicted molar refractivity (Wildman–Crippen MR) is 158 cm³/mol. The van der Waals surface area contributed by atoms with E-state index in [4.69, 9.17) is 0 Å². The molecular weight excluding hydrogens is 482 g/mol. The number of aryl methyl sites for hydroxylation is 2. The van der Waals surface area contributed by atoms with Crippen LogP contribution >= 0.6 is 0 Å². The minimum absolute atomic E-state index is 0.0373. The number of anilines is 1. The van der Waals surface area contributed by atoms with Gasteiger partial charge in [0.1, 0.15) is 5.54 Å². The summed E-state index contributed by atoms with van der Waals surface area (Å²) in [5.41, 5.74) is 5.10. The summed E-state index contributed by atoms with van der Waals surface area (Å²) in [6, 6.07) is 27.1. The summed E-state index contributed by atoms with van der Waals surface area (Å²) < 4.78 is 0. The number of carbonyl (C=O) groups is 2. The van der Waals surface area contributed by atoms with Crippen molar-refractivity contribution in [2.24, 2.45) is 0 Å². The van der Waals surface area contributed by atoms with E-state index < -0.39 is 5.54 Å². The molecule has 2 amide bonds. The van der Waals surface area contributed by atoms with Crippen LogP contribution in [0.2, 0.25) is 0 Å². The molecule has 0 bridgehead atoms. The molecule has 1 aliphatic carbocycles. The van der Waals surface area contributed by atoms with Gasteiger partial charge in [-0.05, 0) is 61.1 Å². The van der Waals surface area contributed by atoms with Crippen molar-refractivity contribution in [2.75, 3.05) is 31.1 Å². The molecule has 2 fully saturated rings. The van der Waals surface area contributed by atoms with Gasteiger partial charge in [-0.1, -0.05) is 86.0 Å². The second-order valence-electron chi connectivity index (χ2n) is 11.3. The molecule has 204 valence electrons. The summed E-state index contributed by atoms with van der Waals surface area (Å²) in [4.78, 5) is 32.2. The van der Waals surface area contributed by atoms with E-state index in [0.29, 0.717) is 19.5 Å². The average Bonchev–Trinajstić information content (AvgIpc) is 2.97. The van der Waals surface area contributed by atoms with Gasteiger partial charge in [0, 0.05) is 44.2 Å². The molecule has 39 heavy (non-hydrogen) atoms. The number of rotatable bonds is 7. The zero-order chi connectivity index (χ0) is 27.2. The van der Waals surface area contributed by atoms with Crippen molar-refractivity contribution < 1.29 is 9.59 Å². The lowest BCUT2D eigenvalue weighted by Gasteiger charge is -2.43. The average molecular weight is 524 g/mol. The van der Waals surface area contributed by atoms with Crippen LogP contribution in [-0.4, -0.2) is 48.4 Å². The normalized spacial score (nSPS) is 17.2. The molecule has 0 spiro atoms. The summed E-state index contributed by atoms with van der Waals surface area (Å²) in [7, 11) is 0. The van der Waals surface area contributed by atoms with Gasteiger partial charge in [0.25, 0.3) is 0 Å². The molecule has 5 heteroatoms. The summed E-state index contributed by atoms with van der Waals surface area (Å²) in [6.07, 6.45) is 4.81. The Bertz CT molecular complexity index is 1230. The molecule has 2 aliphatic rings. The Morgan fingerprint density at radius 2 is 1.28 bits per heavy atom. The van der Waals surface area contributed by atoms with E-state index in [9.17, 15) is 9.59 Å². The Morgan fingerprint density at radius 3 is 1.85 bits per heavy atom. The Balaban J connectivity index is 1.33. The zero-order valence-electron chi connectivity index (χ0n) is 23.4. The third-order valence-electron chi connectivity index (χ3n) is 8.70. The van der Waals surface area contributed by atoms with Gasteiger partial charge in [-0.3, -0.25) is 9.59 Å². The lowest BCUT2D eigenvalue weighted by Crippen LogP contribution is -2.63. The first-order chi connectivity index (χ1) is 19.0. The summed E-state index contributed by atoms with van der Waals surface area (Å²) in [5.74, 6) is 0.00818.